The maximum absolute atomic E-state index is 13.2. The zero-order valence-electron chi connectivity index (χ0n) is 10.5. The number of nitrogens with one attached hydrogen (secondary N) is 2. The van der Waals surface area contributed by atoms with Crippen molar-refractivity contribution in [2.24, 2.45) is 0 Å². The first kappa shape index (κ1) is 14.9. The van der Waals surface area contributed by atoms with Crippen LogP contribution in [0.3, 0.4) is 0 Å². The van der Waals surface area contributed by atoms with E-state index in [-0.39, 0.29) is 5.69 Å². The summed E-state index contributed by atoms with van der Waals surface area (Å²) in [6.45, 7) is 2.82. The molecule has 0 saturated carbocycles. The Kier molecular flexibility index (Phi) is 4.82. The van der Waals surface area contributed by atoms with Gasteiger partial charge in [-0.1, -0.05) is 6.07 Å². The molecule has 0 aliphatic carbocycles. The number of carbonyl (C=O) groups excluding carboxylic acids is 1. The van der Waals surface area contributed by atoms with E-state index in [9.17, 15) is 19.1 Å². The molecule has 0 fully saturated rings. The van der Waals surface area contributed by atoms with Crippen molar-refractivity contribution in [3.05, 3.63) is 29.6 Å². The van der Waals surface area contributed by atoms with Crippen LogP contribution in [-0.2, 0) is 4.79 Å². The number of carboxylic acids is 1. The molecule has 0 aliphatic heterocycles. The fourth-order valence-corrected chi connectivity index (χ4v) is 1.37. The molecule has 2 amide bonds. The summed E-state index contributed by atoms with van der Waals surface area (Å²) in [6, 6.07) is 1.81. The van der Waals surface area contributed by atoms with Gasteiger partial charge in [-0.25, -0.2) is 14.0 Å². The lowest BCUT2D eigenvalue weighted by molar-refractivity contribution is -0.141. The predicted molar refractivity (Wildman–Crippen MR) is 66.4 cm³/mol. The maximum atomic E-state index is 13.2. The summed E-state index contributed by atoms with van der Waals surface area (Å²) >= 11 is 0. The number of halogens is 1. The topological polar surface area (TPSA) is 98.7 Å². The van der Waals surface area contributed by atoms with Crippen LogP contribution in [0.2, 0.25) is 0 Å². The Balaban J connectivity index is 2.69. The van der Waals surface area contributed by atoms with Crippen LogP contribution in [0.5, 0.6) is 0 Å². The number of aliphatic carboxylic acids is 1. The highest BCUT2D eigenvalue weighted by Crippen LogP contribution is 2.13. The van der Waals surface area contributed by atoms with Gasteiger partial charge in [-0.2, -0.15) is 0 Å². The Morgan fingerprint density at radius 1 is 1.37 bits per heavy atom. The summed E-state index contributed by atoms with van der Waals surface area (Å²) in [4.78, 5) is 22.3. The molecule has 7 heteroatoms. The predicted octanol–water partition coefficient (Wildman–Crippen LogP) is 1.09. The van der Waals surface area contributed by atoms with Gasteiger partial charge in [0.2, 0.25) is 0 Å². The van der Waals surface area contributed by atoms with E-state index in [0.717, 1.165) is 6.07 Å². The minimum Gasteiger partial charge on any atom is -0.480 e. The summed E-state index contributed by atoms with van der Waals surface area (Å²) in [6.07, 6.45) is -1.25. The molecule has 0 bridgehead atoms. The number of rotatable bonds is 4. The van der Waals surface area contributed by atoms with E-state index < -0.39 is 30.0 Å². The summed E-state index contributed by atoms with van der Waals surface area (Å²) in [5.74, 6) is -1.84. The average molecular weight is 270 g/mol. The molecular formula is C12H15FN2O4. The number of hydrogen-bond donors (Lipinski definition) is 4. The van der Waals surface area contributed by atoms with Gasteiger partial charge in [0.05, 0.1) is 6.10 Å². The zero-order chi connectivity index (χ0) is 14.6. The van der Waals surface area contributed by atoms with Gasteiger partial charge in [0.15, 0.2) is 6.04 Å². The van der Waals surface area contributed by atoms with E-state index >= 15 is 0 Å². The lowest BCUT2D eigenvalue weighted by Crippen LogP contribution is -2.49. The van der Waals surface area contributed by atoms with Crippen LogP contribution in [-0.4, -0.2) is 34.4 Å². The molecule has 6 nitrogen and oxygen atoms in total. The number of urea groups is 1. The first-order chi connectivity index (χ1) is 8.81. The number of amides is 2. The Morgan fingerprint density at radius 3 is 2.47 bits per heavy atom. The highest BCUT2D eigenvalue weighted by atomic mass is 19.1. The van der Waals surface area contributed by atoms with Crippen molar-refractivity contribution in [2.45, 2.75) is 26.0 Å². The molecule has 0 aromatic heterocycles. The van der Waals surface area contributed by atoms with E-state index in [4.69, 9.17) is 5.11 Å². The molecule has 2 atom stereocenters. The molecule has 0 radical (unpaired) electrons. The van der Waals surface area contributed by atoms with Gasteiger partial charge in [-0.15, -0.1) is 0 Å². The minimum atomic E-state index is -1.43. The Labute approximate surface area is 109 Å². The zero-order valence-corrected chi connectivity index (χ0v) is 10.5. The molecule has 0 aliphatic rings. The van der Waals surface area contributed by atoms with Gasteiger partial charge >= 0.3 is 12.0 Å². The SMILES string of the molecule is Cc1ccc(NC(=O)N[C@H](C(=O)O)[C@@H](C)O)cc1F. The average Bonchev–Trinajstić information content (AvgIpc) is 2.30. The lowest BCUT2D eigenvalue weighted by atomic mass is 10.2. The van der Waals surface area contributed by atoms with Crippen LogP contribution >= 0.6 is 0 Å². The minimum absolute atomic E-state index is 0.190. The Morgan fingerprint density at radius 2 is 2.00 bits per heavy atom. The normalized spacial score (nSPS) is 13.5. The van der Waals surface area contributed by atoms with Crippen molar-refractivity contribution in [3.63, 3.8) is 0 Å². The van der Waals surface area contributed by atoms with E-state index in [2.05, 4.69) is 10.6 Å². The van der Waals surface area contributed by atoms with E-state index in [1.165, 1.54) is 19.1 Å². The van der Waals surface area contributed by atoms with Crippen molar-refractivity contribution in [3.8, 4) is 0 Å². The number of aliphatic hydroxyl groups excluding tert-OH is 1. The highest BCUT2D eigenvalue weighted by Gasteiger charge is 2.24. The second kappa shape index (κ2) is 6.14. The molecule has 0 spiro atoms. The second-order valence-electron chi connectivity index (χ2n) is 4.12. The molecule has 1 rings (SSSR count). The molecule has 19 heavy (non-hydrogen) atoms. The maximum Gasteiger partial charge on any atom is 0.328 e. The Bertz CT molecular complexity index is 491. The molecule has 0 heterocycles. The van der Waals surface area contributed by atoms with Crippen molar-refractivity contribution in [2.75, 3.05) is 5.32 Å². The second-order valence-corrected chi connectivity index (χ2v) is 4.12. The molecular weight excluding hydrogens is 255 g/mol. The largest absolute Gasteiger partial charge is 0.480 e. The van der Waals surface area contributed by atoms with Crippen LogP contribution in [0.1, 0.15) is 12.5 Å². The van der Waals surface area contributed by atoms with E-state index in [0.29, 0.717) is 5.56 Å². The third kappa shape index (κ3) is 4.22. The first-order valence-corrected chi connectivity index (χ1v) is 5.56. The van der Waals surface area contributed by atoms with Gasteiger partial charge in [0.25, 0.3) is 0 Å². The van der Waals surface area contributed by atoms with Crippen LogP contribution < -0.4 is 10.6 Å². The third-order valence-electron chi connectivity index (χ3n) is 2.46. The number of carboxylic acid groups (broad SMARTS) is 1. The Hall–Kier alpha value is -2.15. The summed E-state index contributed by atoms with van der Waals surface area (Å²) in [5.41, 5.74) is 0.619. The third-order valence-corrected chi connectivity index (χ3v) is 2.46. The number of benzene rings is 1. The molecule has 4 N–H and O–H groups in total. The summed E-state index contributed by atoms with van der Waals surface area (Å²) < 4.78 is 13.2. The number of aryl methyl sites for hydroxylation is 1. The molecule has 104 valence electrons. The van der Waals surface area contributed by atoms with Crippen molar-refractivity contribution in [1.82, 2.24) is 5.32 Å². The number of hydrogen-bond acceptors (Lipinski definition) is 3. The van der Waals surface area contributed by atoms with Gasteiger partial charge in [0.1, 0.15) is 5.82 Å². The molecule has 1 aromatic rings. The molecule has 0 unspecified atom stereocenters. The fraction of sp³-hybridized carbons (Fsp3) is 0.333. The first-order valence-electron chi connectivity index (χ1n) is 5.56. The van der Waals surface area contributed by atoms with Gasteiger partial charge in [0, 0.05) is 5.69 Å². The lowest BCUT2D eigenvalue weighted by Gasteiger charge is -2.17. The monoisotopic (exact) mass is 270 g/mol. The van der Waals surface area contributed by atoms with Crippen molar-refractivity contribution >= 4 is 17.7 Å². The smallest absolute Gasteiger partial charge is 0.328 e. The standard InChI is InChI=1S/C12H15FN2O4/c1-6-3-4-8(5-9(6)13)14-12(19)15-10(7(2)16)11(17)18/h3-5,7,10,16H,1-2H3,(H,17,18)(H2,14,15,19)/t7-,10+/m1/s1. The van der Waals surface area contributed by atoms with Crippen molar-refractivity contribution in [1.29, 1.82) is 0 Å². The number of carbonyl (C=O) groups is 2. The van der Waals surface area contributed by atoms with E-state index in [1.54, 1.807) is 6.92 Å². The van der Waals surface area contributed by atoms with E-state index in [1.807, 2.05) is 0 Å². The van der Waals surface area contributed by atoms with Crippen LogP contribution in [0.4, 0.5) is 14.9 Å². The van der Waals surface area contributed by atoms with Crippen molar-refractivity contribution < 1.29 is 24.2 Å². The highest BCUT2D eigenvalue weighted by molar-refractivity contribution is 5.92. The van der Waals surface area contributed by atoms with Crippen LogP contribution in [0.25, 0.3) is 0 Å². The van der Waals surface area contributed by atoms with Gasteiger partial charge in [-0.05, 0) is 31.5 Å². The van der Waals surface area contributed by atoms with Gasteiger partial charge in [-0.3, -0.25) is 0 Å². The quantitative estimate of drug-likeness (QED) is 0.658. The number of aliphatic hydroxyl groups is 1. The van der Waals surface area contributed by atoms with Crippen LogP contribution in [0, 0.1) is 12.7 Å². The molecule has 1 aromatic carbocycles. The van der Waals surface area contributed by atoms with Gasteiger partial charge < -0.3 is 20.8 Å². The number of anilines is 1. The summed E-state index contributed by atoms with van der Waals surface area (Å²) in [7, 11) is 0. The molecule has 0 saturated heterocycles. The van der Waals surface area contributed by atoms with Crippen LogP contribution in [0.15, 0.2) is 18.2 Å². The summed E-state index contributed by atoms with van der Waals surface area (Å²) in [5, 5.41) is 22.3. The fourth-order valence-electron chi connectivity index (χ4n) is 1.37.